The fraction of sp³-hybridized carbons (Fsp3) is 0.269. The van der Waals surface area contributed by atoms with Crippen LogP contribution in [-0.4, -0.2) is 34.1 Å². The lowest BCUT2D eigenvalue weighted by Gasteiger charge is -2.09. The lowest BCUT2D eigenvalue weighted by Crippen LogP contribution is -2.04. The van der Waals surface area contributed by atoms with Gasteiger partial charge in [-0.15, -0.1) is 0 Å². The van der Waals surface area contributed by atoms with Gasteiger partial charge in [0.15, 0.2) is 0 Å². The minimum absolute atomic E-state index is 0.201. The Morgan fingerprint density at radius 3 is 2.45 bits per heavy atom. The van der Waals surface area contributed by atoms with Crippen LogP contribution in [0.3, 0.4) is 0 Å². The van der Waals surface area contributed by atoms with E-state index in [9.17, 15) is 4.79 Å². The number of furan rings is 1. The minimum Gasteiger partial charge on any atom is -0.481 e. The molecular weight excluding hydrogens is 416 g/mol. The number of unbranched alkanes of at least 4 members (excludes halogenated alkanes) is 2. The molecule has 2 heterocycles. The molecule has 0 bridgehead atoms. The monoisotopic (exact) mass is 444 g/mol. The summed E-state index contributed by atoms with van der Waals surface area (Å²) in [5.74, 6) is 0.721. The Kier molecular flexibility index (Phi) is 7.19. The molecule has 0 radical (unpaired) electrons. The third-order valence-electron chi connectivity index (χ3n) is 5.44. The number of carbonyl (C=O) groups is 1. The van der Waals surface area contributed by atoms with Gasteiger partial charge in [0.25, 0.3) is 0 Å². The van der Waals surface area contributed by atoms with Crippen LogP contribution in [0.1, 0.15) is 32.6 Å². The number of aliphatic carboxylic acids is 1. The van der Waals surface area contributed by atoms with E-state index in [1.54, 1.807) is 0 Å². The second-order valence-corrected chi connectivity index (χ2v) is 7.81. The highest BCUT2D eigenvalue weighted by Gasteiger charge is 2.22. The molecule has 0 amide bonds. The van der Waals surface area contributed by atoms with Crippen LogP contribution in [0.2, 0.25) is 0 Å². The average molecular weight is 445 g/mol. The number of rotatable bonds is 11. The van der Waals surface area contributed by atoms with E-state index in [1.165, 1.54) is 6.33 Å². The second kappa shape index (κ2) is 10.6. The van der Waals surface area contributed by atoms with Crippen LogP contribution < -0.4 is 10.6 Å². The highest BCUT2D eigenvalue weighted by molar-refractivity contribution is 6.05. The number of nitrogens with one attached hydrogen (secondary N) is 2. The number of benzene rings is 2. The van der Waals surface area contributed by atoms with E-state index < -0.39 is 5.97 Å². The number of hydrogen-bond acceptors (Lipinski definition) is 6. The first-order chi connectivity index (χ1) is 16.2. The van der Waals surface area contributed by atoms with Crippen LogP contribution >= 0.6 is 0 Å². The van der Waals surface area contributed by atoms with Crippen molar-refractivity contribution >= 4 is 28.6 Å². The Morgan fingerprint density at radius 2 is 1.73 bits per heavy atom. The molecule has 2 aromatic carbocycles. The summed E-state index contributed by atoms with van der Waals surface area (Å²) < 4.78 is 6.26. The predicted molar refractivity (Wildman–Crippen MR) is 131 cm³/mol. The molecule has 3 N–H and O–H groups in total. The van der Waals surface area contributed by atoms with Crippen molar-refractivity contribution in [3.63, 3.8) is 0 Å². The molecule has 0 unspecified atom stereocenters. The van der Waals surface area contributed by atoms with Gasteiger partial charge in [-0.2, -0.15) is 0 Å². The third-order valence-corrected chi connectivity index (χ3v) is 5.44. The average Bonchev–Trinajstić information content (AvgIpc) is 3.23. The molecule has 0 atom stereocenters. The molecule has 0 fully saturated rings. The lowest BCUT2D eigenvalue weighted by atomic mass is 9.99. The van der Waals surface area contributed by atoms with Gasteiger partial charge in [-0.25, -0.2) is 9.97 Å². The molecular formula is C26H28N4O3. The molecule has 4 aromatic rings. The maximum absolute atomic E-state index is 10.7. The fourth-order valence-electron chi connectivity index (χ4n) is 3.88. The largest absolute Gasteiger partial charge is 0.481 e. The highest BCUT2D eigenvalue weighted by Crippen LogP contribution is 2.42. The van der Waals surface area contributed by atoms with Crippen LogP contribution in [0, 0.1) is 0 Å². The number of nitrogens with zero attached hydrogens (tertiary/aromatic N) is 2. The molecule has 0 aliphatic heterocycles. The Hall–Kier alpha value is -3.87. The van der Waals surface area contributed by atoms with Crippen LogP contribution in [0.5, 0.6) is 0 Å². The van der Waals surface area contributed by atoms with Gasteiger partial charge in [-0.1, -0.05) is 48.9 Å². The second-order valence-electron chi connectivity index (χ2n) is 7.81. The van der Waals surface area contributed by atoms with Crippen LogP contribution in [-0.2, 0) is 4.79 Å². The smallest absolute Gasteiger partial charge is 0.303 e. The highest BCUT2D eigenvalue weighted by atomic mass is 16.4. The van der Waals surface area contributed by atoms with Gasteiger partial charge in [-0.05, 0) is 37.5 Å². The summed E-state index contributed by atoms with van der Waals surface area (Å²) in [5.41, 5.74) is 4.54. The topological polar surface area (TPSA) is 100 Å². The molecule has 0 aliphatic carbocycles. The molecule has 0 aliphatic rings. The summed E-state index contributed by atoms with van der Waals surface area (Å²) in [6.45, 7) is 3.62. The van der Waals surface area contributed by atoms with E-state index in [0.717, 1.165) is 58.7 Å². The molecule has 7 heteroatoms. The summed E-state index contributed by atoms with van der Waals surface area (Å²) in [6, 6.07) is 18.3. The molecule has 170 valence electrons. The first-order valence-electron chi connectivity index (χ1n) is 11.3. The summed E-state index contributed by atoms with van der Waals surface area (Å²) in [4.78, 5) is 19.6. The SMILES string of the molecule is CCNc1ccc(-c2c(-c3ccccc3)oc3ncnc(NCCCCCC(=O)O)c23)cc1. The Morgan fingerprint density at radius 1 is 0.939 bits per heavy atom. The molecule has 2 aromatic heterocycles. The fourth-order valence-corrected chi connectivity index (χ4v) is 3.88. The molecule has 0 saturated carbocycles. The van der Waals surface area contributed by atoms with E-state index in [0.29, 0.717) is 18.7 Å². The number of carboxylic acid groups (broad SMARTS) is 1. The first kappa shape index (κ1) is 22.3. The summed E-state index contributed by atoms with van der Waals surface area (Å²) in [6.07, 6.45) is 4.07. The lowest BCUT2D eigenvalue weighted by molar-refractivity contribution is -0.137. The van der Waals surface area contributed by atoms with Crippen molar-refractivity contribution in [2.75, 3.05) is 23.7 Å². The van der Waals surface area contributed by atoms with Gasteiger partial charge in [-0.3, -0.25) is 4.79 Å². The normalized spacial score (nSPS) is 10.9. The Balaban J connectivity index is 1.70. The van der Waals surface area contributed by atoms with Crippen LogP contribution in [0.15, 0.2) is 65.3 Å². The van der Waals surface area contributed by atoms with Crippen LogP contribution in [0.25, 0.3) is 33.6 Å². The zero-order valence-electron chi connectivity index (χ0n) is 18.7. The quantitative estimate of drug-likeness (QED) is 0.242. The number of anilines is 2. The number of fused-ring (bicyclic) bond motifs is 1. The third kappa shape index (κ3) is 5.31. The van der Waals surface area contributed by atoms with Gasteiger partial charge in [0.05, 0.1) is 5.39 Å². The van der Waals surface area contributed by atoms with E-state index in [2.05, 4.69) is 51.8 Å². The van der Waals surface area contributed by atoms with Gasteiger partial charge in [0.1, 0.15) is 17.9 Å². The van der Waals surface area contributed by atoms with Crippen molar-refractivity contribution in [2.45, 2.75) is 32.6 Å². The van der Waals surface area contributed by atoms with Gasteiger partial charge >= 0.3 is 5.97 Å². The Labute approximate surface area is 192 Å². The van der Waals surface area contributed by atoms with Crippen molar-refractivity contribution < 1.29 is 14.3 Å². The molecule has 4 rings (SSSR count). The van der Waals surface area contributed by atoms with E-state index in [4.69, 9.17) is 9.52 Å². The van der Waals surface area contributed by atoms with E-state index in [1.807, 2.05) is 30.3 Å². The van der Waals surface area contributed by atoms with Crippen molar-refractivity contribution in [1.82, 2.24) is 9.97 Å². The predicted octanol–water partition coefficient (Wildman–Crippen LogP) is 6.05. The number of aromatic nitrogens is 2. The van der Waals surface area contributed by atoms with Crippen molar-refractivity contribution in [3.8, 4) is 22.5 Å². The van der Waals surface area contributed by atoms with Gasteiger partial charge < -0.3 is 20.2 Å². The van der Waals surface area contributed by atoms with Gasteiger partial charge in [0.2, 0.25) is 5.71 Å². The maximum atomic E-state index is 10.7. The number of hydrogen-bond donors (Lipinski definition) is 3. The van der Waals surface area contributed by atoms with Crippen molar-refractivity contribution in [2.24, 2.45) is 0 Å². The zero-order valence-corrected chi connectivity index (χ0v) is 18.7. The Bertz CT molecular complexity index is 1200. The van der Waals surface area contributed by atoms with Crippen LogP contribution in [0.4, 0.5) is 11.5 Å². The minimum atomic E-state index is -0.753. The molecule has 0 spiro atoms. The maximum Gasteiger partial charge on any atom is 0.303 e. The van der Waals surface area contributed by atoms with Gasteiger partial charge in [0, 0.05) is 36.3 Å². The molecule has 33 heavy (non-hydrogen) atoms. The molecule has 7 nitrogen and oxygen atoms in total. The van der Waals surface area contributed by atoms with E-state index in [-0.39, 0.29) is 6.42 Å². The van der Waals surface area contributed by atoms with E-state index >= 15 is 0 Å². The summed E-state index contributed by atoms with van der Waals surface area (Å²) >= 11 is 0. The first-order valence-corrected chi connectivity index (χ1v) is 11.3. The number of carboxylic acids is 1. The summed E-state index contributed by atoms with van der Waals surface area (Å²) in [7, 11) is 0. The standard InChI is InChI=1S/C26H28N4O3/c1-2-27-20-14-12-18(13-15-20)22-23-25(28-16-8-4-7-11-21(31)32)29-17-30-26(23)33-24(22)19-9-5-3-6-10-19/h3,5-6,9-10,12-15,17,27H,2,4,7-8,11,16H2,1H3,(H,31,32)(H,28,29,30). The molecule has 0 saturated heterocycles. The van der Waals surface area contributed by atoms with Crippen molar-refractivity contribution in [1.29, 1.82) is 0 Å². The van der Waals surface area contributed by atoms with Crippen molar-refractivity contribution in [3.05, 3.63) is 60.9 Å². The summed E-state index contributed by atoms with van der Waals surface area (Å²) in [5, 5.41) is 16.4. The zero-order chi connectivity index (χ0) is 23.0.